The Balaban J connectivity index is 1.96. The third kappa shape index (κ3) is 4.23. The van der Waals surface area contributed by atoms with Crippen LogP contribution in [0.3, 0.4) is 0 Å². The monoisotopic (exact) mass is 399 g/mol. The van der Waals surface area contributed by atoms with Crippen molar-refractivity contribution in [1.82, 2.24) is 19.1 Å². The Hall–Kier alpha value is -3.76. The predicted molar refractivity (Wildman–Crippen MR) is 109 cm³/mol. The molecule has 2 N–H and O–H groups in total. The number of hydrazone groups is 1. The van der Waals surface area contributed by atoms with E-state index in [0.29, 0.717) is 18.1 Å². The van der Waals surface area contributed by atoms with Crippen molar-refractivity contribution in [3.05, 3.63) is 60.8 Å². The van der Waals surface area contributed by atoms with Gasteiger partial charge in [-0.25, -0.2) is 10.2 Å². The van der Waals surface area contributed by atoms with Crippen molar-refractivity contribution >= 4 is 29.0 Å². The molecule has 0 amide bonds. The van der Waals surface area contributed by atoms with E-state index in [1.165, 1.54) is 30.0 Å². The molecule has 0 radical (unpaired) electrons. The second-order valence-electron chi connectivity index (χ2n) is 6.51. The number of non-ortho nitro benzene ring substituents is 1. The summed E-state index contributed by atoms with van der Waals surface area (Å²) in [4.78, 5) is 41.3. The molecule has 0 atom stereocenters. The molecule has 3 aromatic rings. The number of nitrogens with one attached hydrogen (secondary N) is 2. The fraction of sp³-hybridized carbons (Fsp3) is 0.333. The normalized spacial score (nSPS) is 11.4. The van der Waals surface area contributed by atoms with Gasteiger partial charge in [-0.2, -0.15) is 10.1 Å². The van der Waals surface area contributed by atoms with Gasteiger partial charge in [0.2, 0.25) is 5.95 Å². The maximum atomic E-state index is 12.4. The van der Waals surface area contributed by atoms with Gasteiger partial charge in [0, 0.05) is 31.3 Å². The molecule has 0 fully saturated rings. The average Bonchev–Trinajstić information content (AvgIpc) is 3.06. The molecule has 2 heterocycles. The first kappa shape index (κ1) is 20.0. The van der Waals surface area contributed by atoms with Gasteiger partial charge in [-0.3, -0.25) is 24.5 Å². The number of rotatable bonds is 8. The number of unbranched alkanes of at least 4 members (excludes halogenated alkanes) is 2. The molecule has 2 aromatic heterocycles. The molecule has 0 saturated carbocycles. The van der Waals surface area contributed by atoms with Crippen LogP contribution in [0.4, 0.5) is 11.6 Å². The fourth-order valence-electron chi connectivity index (χ4n) is 2.94. The number of aryl methyl sites for hydroxylation is 2. The summed E-state index contributed by atoms with van der Waals surface area (Å²) in [6, 6.07) is 6.03. The number of aromatic amines is 1. The second kappa shape index (κ2) is 8.50. The van der Waals surface area contributed by atoms with E-state index in [9.17, 15) is 19.7 Å². The molecule has 0 unspecified atom stereocenters. The number of hydrogen-bond acceptors (Lipinski definition) is 7. The first-order valence-corrected chi connectivity index (χ1v) is 9.15. The molecule has 11 heteroatoms. The highest BCUT2D eigenvalue weighted by Gasteiger charge is 2.16. The van der Waals surface area contributed by atoms with Crippen molar-refractivity contribution in [2.24, 2.45) is 12.1 Å². The Bertz CT molecular complexity index is 1190. The van der Waals surface area contributed by atoms with Crippen LogP contribution in [0.2, 0.25) is 0 Å². The van der Waals surface area contributed by atoms with E-state index in [-0.39, 0.29) is 16.9 Å². The minimum Gasteiger partial charge on any atom is -0.303 e. The van der Waals surface area contributed by atoms with Crippen LogP contribution in [0.15, 0.2) is 39.0 Å². The van der Waals surface area contributed by atoms with Crippen LogP contribution >= 0.6 is 0 Å². The SMILES string of the molecule is CCCCCn1c(NN=Cc2cccc([N+](=O)[O-])c2)nc2c1c(=O)[nH]c(=O)n2C. The Morgan fingerprint density at radius 3 is 2.86 bits per heavy atom. The molecule has 0 aliphatic heterocycles. The molecule has 0 aliphatic carbocycles. The average molecular weight is 399 g/mol. The van der Waals surface area contributed by atoms with Gasteiger partial charge in [0.25, 0.3) is 11.2 Å². The van der Waals surface area contributed by atoms with E-state index in [0.717, 1.165) is 19.3 Å². The number of nitro groups is 1. The van der Waals surface area contributed by atoms with Crippen molar-refractivity contribution < 1.29 is 4.92 Å². The van der Waals surface area contributed by atoms with E-state index in [1.807, 2.05) is 0 Å². The number of benzene rings is 1. The van der Waals surface area contributed by atoms with Gasteiger partial charge in [0.1, 0.15) is 0 Å². The third-order valence-corrected chi connectivity index (χ3v) is 4.45. The Morgan fingerprint density at radius 1 is 1.34 bits per heavy atom. The number of nitro benzene ring substituents is 1. The van der Waals surface area contributed by atoms with Crippen LogP contribution in [-0.2, 0) is 13.6 Å². The Morgan fingerprint density at radius 2 is 2.14 bits per heavy atom. The Labute approximate surface area is 164 Å². The lowest BCUT2D eigenvalue weighted by Gasteiger charge is -2.07. The smallest absolute Gasteiger partial charge is 0.303 e. The van der Waals surface area contributed by atoms with Gasteiger partial charge >= 0.3 is 5.69 Å². The van der Waals surface area contributed by atoms with Crippen LogP contribution in [0.1, 0.15) is 31.7 Å². The maximum Gasteiger partial charge on any atom is 0.329 e. The zero-order chi connectivity index (χ0) is 21.0. The summed E-state index contributed by atoms with van der Waals surface area (Å²) in [5.41, 5.74) is 2.76. The van der Waals surface area contributed by atoms with Gasteiger partial charge in [0.15, 0.2) is 11.2 Å². The summed E-state index contributed by atoms with van der Waals surface area (Å²) >= 11 is 0. The molecule has 0 spiro atoms. The molecule has 1 aromatic carbocycles. The first-order valence-electron chi connectivity index (χ1n) is 9.15. The van der Waals surface area contributed by atoms with Crippen LogP contribution in [0.25, 0.3) is 11.2 Å². The number of aromatic nitrogens is 4. The molecule has 29 heavy (non-hydrogen) atoms. The van der Waals surface area contributed by atoms with E-state index in [2.05, 4.69) is 27.4 Å². The largest absolute Gasteiger partial charge is 0.329 e. The van der Waals surface area contributed by atoms with Crippen molar-refractivity contribution in [3.8, 4) is 0 Å². The lowest BCUT2D eigenvalue weighted by Crippen LogP contribution is -2.29. The summed E-state index contributed by atoms with van der Waals surface area (Å²) in [7, 11) is 1.53. The lowest BCUT2D eigenvalue weighted by atomic mass is 10.2. The lowest BCUT2D eigenvalue weighted by molar-refractivity contribution is -0.384. The second-order valence-corrected chi connectivity index (χ2v) is 6.51. The van der Waals surface area contributed by atoms with Crippen molar-refractivity contribution in [1.29, 1.82) is 0 Å². The highest BCUT2D eigenvalue weighted by molar-refractivity contribution is 5.81. The van der Waals surface area contributed by atoms with E-state index in [4.69, 9.17) is 0 Å². The van der Waals surface area contributed by atoms with Crippen molar-refractivity contribution in [2.45, 2.75) is 32.7 Å². The Kier molecular flexibility index (Phi) is 5.86. The van der Waals surface area contributed by atoms with E-state index >= 15 is 0 Å². The molecule has 3 rings (SSSR count). The molecule has 152 valence electrons. The summed E-state index contributed by atoms with van der Waals surface area (Å²) in [5, 5.41) is 15.0. The summed E-state index contributed by atoms with van der Waals surface area (Å²) < 4.78 is 2.95. The standard InChI is InChI=1S/C18H21N7O4/c1-3-4-5-9-24-14-15(23(2)18(27)21-16(14)26)20-17(24)22-19-11-12-7-6-8-13(10-12)25(28)29/h6-8,10-11H,3-5,9H2,1-2H3,(H,20,22)(H,21,26,27). The minimum atomic E-state index is -0.549. The highest BCUT2D eigenvalue weighted by atomic mass is 16.6. The zero-order valence-electron chi connectivity index (χ0n) is 16.1. The highest BCUT2D eigenvalue weighted by Crippen LogP contribution is 2.17. The molecule has 0 bridgehead atoms. The number of nitrogens with zero attached hydrogens (tertiary/aromatic N) is 5. The summed E-state index contributed by atoms with van der Waals surface area (Å²) in [6.45, 7) is 2.60. The summed E-state index contributed by atoms with van der Waals surface area (Å²) in [5.74, 6) is 0.310. The van der Waals surface area contributed by atoms with Gasteiger partial charge in [-0.05, 0) is 6.42 Å². The number of H-pyrrole nitrogens is 1. The molecule has 0 saturated heterocycles. The molecule has 0 aliphatic rings. The molecular formula is C18H21N7O4. The van der Waals surface area contributed by atoms with Crippen LogP contribution in [-0.4, -0.2) is 30.2 Å². The van der Waals surface area contributed by atoms with Crippen LogP contribution in [0.5, 0.6) is 0 Å². The summed E-state index contributed by atoms with van der Waals surface area (Å²) in [6.07, 6.45) is 4.23. The van der Waals surface area contributed by atoms with Gasteiger partial charge in [-0.15, -0.1) is 0 Å². The van der Waals surface area contributed by atoms with Crippen LogP contribution in [0, 0.1) is 10.1 Å². The number of fused-ring (bicyclic) bond motifs is 1. The molecule has 11 nitrogen and oxygen atoms in total. The zero-order valence-corrected chi connectivity index (χ0v) is 16.1. The quantitative estimate of drug-likeness (QED) is 0.257. The van der Waals surface area contributed by atoms with E-state index in [1.54, 1.807) is 16.7 Å². The van der Waals surface area contributed by atoms with E-state index < -0.39 is 16.2 Å². The number of anilines is 1. The topological polar surface area (TPSA) is 140 Å². The first-order chi connectivity index (χ1) is 13.9. The number of hydrogen-bond donors (Lipinski definition) is 2. The van der Waals surface area contributed by atoms with Crippen molar-refractivity contribution in [3.63, 3.8) is 0 Å². The molecular weight excluding hydrogens is 378 g/mol. The maximum absolute atomic E-state index is 12.4. The minimum absolute atomic E-state index is 0.0395. The predicted octanol–water partition coefficient (Wildman–Crippen LogP) is 1.97. The van der Waals surface area contributed by atoms with Crippen molar-refractivity contribution in [2.75, 3.05) is 5.43 Å². The van der Waals surface area contributed by atoms with Crippen LogP contribution < -0.4 is 16.7 Å². The number of imidazole rings is 1. The van der Waals surface area contributed by atoms with Gasteiger partial charge in [-0.1, -0.05) is 31.9 Å². The third-order valence-electron chi connectivity index (χ3n) is 4.45. The van der Waals surface area contributed by atoms with Gasteiger partial charge < -0.3 is 4.57 Å². The fourth-order valence-corrected chi connectivity index (χ4v) is 2.94. The van der Waals surface area contributed by atoms with Gasteiger partial charge in [0.05, 0.1) is 11.1 Å².